The van der Waals surface area contributed by atoms with Gasteiger partial charge in [-0.3, -0.25) is 4.79 Å². The number of carbonyl (C=O) groups is 1. The minimum atomic E-state index is -3.59. The van der Waals surface area contributed by atoms with Crippen molar-refractivity contribution in [3.05, 3.63) is 24.3 Å². The van der Waals surface area contributed by atoms with Gasteiger partial charge < -0.3 is 11.1 Å². The lowest BCUT2D eigenvalue weighted by atomic mass is 10.0. The molecule has 4 N–H and O–H groups in total. The summed E-state index contributed by atoms with van der Waals surface area (Å²) in [6, 6.07) is 6.49. The first-order chi connectivity index (χ1) is 9.22. The fourth-order valence-electron chi connectivity index (χ4n) is 1.69. The molecule has 0 saturated heterocycles. The van der Waals surface area contributed by atoms with Crippen molar-refractivity contribution < 1.29 is 13.2 Å². The van der Waals surface area contributed by atoms with Gasteiger partial charge in [-0.25, -0.2) is 13.1 Å². The summed E-state index contributed by atoms with van der Waals surface area (Å²) in [5, 5.41) is 2.89. The van der Waals surface area contributed by atoms with Crippen LogP contribution in [-0.2, 0) is 14.8 Å². The summed E-state index contributed by atoms with van der Waals surface area (Å²) in [7, 11) is -3.59. The molecule has 110 valence electrons. The molecule has 0 bridgehead atoms. The van der Waals surface area contributed by atoms with Crippen LogP contribution < -0.4 is 15.8 Å². The van der Waals surface area contributed by atoms with Gasteiger partial charge in [0.1, 0.15) is 10.4 Å². The highest BCUT2D eigenvalue weighted by Crippen LogP contribution is 2.27. The van der Waals surface area contributed by atoms with Gasteiger partial charge in [0.25, 0.3) is 0 Å². The summed E-state index contributed by atoms with van der Waals surface area (Å²) in [6.45, 7) is 3.21. The average molecular weight is 297 g/mol. The van der Waals surface area contributed by atoms with Crippen LogP contribution in [-0.4, -0.2) is 25.9 Å². The predicted octanol–water partition coefficient (Wildman–Crippen LogP) is 0.803. The molecule has 0 unspecified atom stereocenters. The van der Waals surface area contributed by atoms with Crippen LogP contribution in [0.25, 0.3) is 0 Å². The Labute approximate surface area is 118 Å². The molecule has 0 heterocycles. The third-order valence-electron chi connectivity index (χ3n) is 3.14. The Balaban J connectivity index is 2.33. The van der Waals surface area contributed by atoms with Gasteiger partial charge in [0, 0.05) is 6.04 Å². The van der Waals surface area contributed by atoms with E-state index in [1.54, 1.807) is 32.0 Å². The Hall–Kier alpha value is -1.60. The molecule has 1 amide bonds. The number of primary amides is 1. The molecule has 0 radical (unpaired) electrons. The van der Waals surface area contributed by atoms with Crippen LogP contribution in [0.3, 0.4) is 0 Å². The van der Waals surface area contributed by atoms with Gasteiger partial charge in [-0.05, 0) is 38.8 Å². The van der Waals surface area contributed by atoms with E-state index in [9.17, 15) is 13.2 Å². The van der Waals surface area contributed by atoms with Crippen molar-refractivity contribution in [1.29, 1.82) is 0 Å². The van der Waals surface area contributed by atoms with Crippen LogP contribution >= 0.6 is 0 Å². The van der Waals surface area contributed by atoms with Crippen LogP contribution in [0.2, 0.25) is 0 Å². The molecule has 1 aliphatic carbocycles. The van der Waals surface area contributed by atoms with Crippen molar-refractivity contribution in [1.82, 2.24) is 4.72 Å². The molecule has 20 heavy (non-hydrogen) atoms. The third-order valence-corrected chi connectivity index (χ3v) is 4.72. The molecule has 1 fully saturated rings. The number of hydrogen-bond acceptors (Lipinski definition) is 4. The van der Waals surface area contributed by atoms with Gasteiger partial charge >= 0.3 is 0 Å². The van der Waals surface area contributed by atoms with E-state index in [-0.39, 0.29) is 10.9 Å². The maximum atomic E-state index is 12.3. The number of nitrogens with one attached hydrogen (secondary N) is 2. The number of benzene rings is 1. The Morgan fingerprint density at radius 3 is 2.45 bits per heavy atom. The van der Waals surface area contributed by atoms with Gasteiger partial charge in [-0.1, -0.05) is 12.1 Å². The van der Waals surface area contributed by atoms with E-state index < -0.39 is 21.5 Å². The highest BCUT2D eigenvalue weighted by atomic mass is 32.2. The summed E-state index contributed by atoms with van der Waals surface area (Å²) < 4.78 is 27.2. The predicted molar refractivity (Wildman–Crippen MR) is 76.7 cm³/mol. The molecule has 6 nitrogen and oxygen atoms in total. The fourth-order valence-corrected chi connectivity index (χ4v) is 3.15. The molecular formula is C13H19N3O3S. The average Bonchev–Trinajstić information content (AvgIpc) is 3.12. The standard InChI is InChI=1S/C13H19N3O3S/c1-13(2,12(14)17)15-10-5-3-4-6-11(10)20(18,19)16-9-7-8-9/h3-6,9,15-16H,7-8H2,1-2H3,(H2,14,17). The quantitative estimate of drug-likeness (QED) is 0.723. The topological polar surface area (TPSA) is 101 Å². The Bertz CT molecular complexity index is 622. The van der Waals surface area contributed by atoms with E-state index in [0.29, 0.717) is 5.69 Å². The van der Waals surface area contributed by atoms with E-state index in [1.807, 2.05) is 0 Å². The number of sulfonamides is 1. The Kier molecular flexibility index (Phi) is 3.75. The second-order valence-electron chi connectivity index (χ2n) is 5.51. The first kappa shape index (κ1) is 14.8. The summed E-state index contributed by atoms with van der Waals surface area (Å²) in [5.41, 5.74) is 4.63. The van der Waals surface area contributed by atoms with Crippen molar-refractivity contribution in [2.24, 2.45) is 5.73 Å². The lowest BCUT2D eigenvalue weighted by Crippen LogP contribution is -2.45. The molecule has 0 aromatic heterocycles. The van der Waals surface area contributed by atoms with Gasteiger partial charge in [-0.15, -0.1) is 0 Å². The molecule has 1 aliphatic rings. The molecule has 0 aliphatic heterocycles. The zero-order valence-corrected chi connectivity index (χ0v) is 12.3. The van der Waals surface area contributed by atoms with Crippen molar-refractivity contribution in [3.63, 3.8) is 0 Å². The van der Waals surface area contributed by atoms with E-state index in [0.717, 1.165) is 12.8 Å². The molecule has 1 saturated carbocycles. The SMILES string of the molecule is CC(C)(Nc1ccccc1S(=O)(=O)NC1CC1)C(N)=O. The number of rotatable bonds is 6. The molecule has 2 rings (SSSR count). The lowest BCUT2D eigenvalue weighted by molar-refractivity contribution is -0.121. The Morgan fingerprint density at radius 1 is 1.30 bits per heavy atom. The minimum absolute atomic E-state index is 0.0252. The number of amides is 1. The van der Waals surface area contributed by atoms with Gasteiger partial charge in [0.15, 0.2) is 0 Å². The monoisotopic (exact) mass is 297 g/mol. The molecule has 0 atom stereocenters. The highest BCUT2D eigenvalue weighted by Gasteiger charge is 2.31. The molecular weight excluding hydrogens is 278 g/mol. The number of nitrogens with two attached hydrogens (primary N) is 1. The van der Waals surface area contributed by atoms with Crippen LogP contribution in [0.1, 0.15) is 26.7 Å². The fraction of sp³-hybridized carbons (Fsp3) is 0.462. The van der Waals surface area contributed by atoms with Crippen molar-refractivity contribution >= 4 is 21.6 Å². The zero-order valence-electron chi connectivity index (χ0n) is 11.5. The lowest BCUT2D eigenvalue weighted by Gasteiger charge is -2.25. The molecule has 0 spiro atoms. The second kappa shape index (κ2) is 5.06. The van der Waals surface area contributed by atoms with Crippen LogP contribution in [0.4, 0.5) is 5.69 Å². The summed E-state index contributed by atoms with van der Waals surface area (Å²) in [6.07, 6.45) is 1.73. The first-order valence-electron chi connectivity index (χ1n) is 6.42. The van der Waals surface area contributed by atoms with Crippen molar-refractivity contribution in [2.45, 2.75) is 43.2 Å². The molecule has 1 aromatic carbocycles. The number of anilines is 1. The smallest absolute Gasteiger partial charge is 0.242 e. The van der Waals surface area contributed by atoms with Gasteiger partial charge in [0.05, 0.1) is 5.69 Å². The number of hydrogen-bond donors (Lipinski definition) is 3. The summed E-state index contributed by atoms with van der Waals surface area (Å²) >= 11 is 0. The number of para-hydroxylation sites is 1. The zero-order chi connectivity index (χ0) is 15.0. The minimum Gasteiger partial charge on any atom is -0.371 e. The van der Waals surface area contributed by atoms with Gasteiger partial charge in [-0.2, -0.15) is 0 Å². The maximum absolute atomic E-state index is 12.3. The van der Waals surface area contributed by atoms with E-state index in [2.05, 4.69) is 10.0 Å². The van der Waals surface area contributed by atoms with Crippen LogP contribution in [0, 0.1) is 0 Å². The summed E-state index contributed by atoms with van der Waals surface area (Å²) in [5.74, 6) is -0.556. The van der Waals surface area contributed by atoms with Gasteiger partial charge in [0.2, 0.25) is 15.9 Å². The number of carbonyl (C=O) groups excluding carboxylic acids is 1. The summed E-state index contributed by atoms with van der Waals surface area (Å²) in [4.78, 5) is 11.5. The van der Waals surface area contributed by atoms with E-state index in [1.165, 1.54) is 6.07 Å². The second-order valence-corrected chi connectivity index (χ2v) is 7.19. The van der Waals surface area contributed by atoms with Crippen molar-refractivity contribution in [2.75, 3.05) is 5.32 Å². The normalized spacial score (nSPS) is 15.9. The van der Waals surface area contributed by atoms with Crippen molar-refractivity contribution in [3.8, 4) is 0 Å². The molecule has 1 aromatic rings. The van der Waals surface area contributed by atoms with Crippen LogP contribution in [0.5, 0.6) is 0 Å². The van der Waals surface area contributed by atoms with E-state index in [4.69, 9.17) is 5.73 Å². The largest absolute Gasteiger partial charge is 0.371 e. The first-order valence-corrected chi connectivity index (χ1v) is 7.90. The van der Waals surface area contributed by atoms with E-state index >= 15 is 0 Å². The Morgan fingerprint density at radius 2 is 1.90 bits per heavy atom. The third kappa shape index (κ3) is 3.29. The maximum Gasteiger partial charge on any atom is 0.242 e. The highest BCUT2D eigenvalue weighted by molar-refractivity contribution is 7.89. The molecule has 7 heteroatoms. The van der Waals surface area contributed by atoms with Crippen LogP contribution in [0.15, 0.2) is 29.2 Å².